The van der Waals surface area contributed by atoms with Crippen molar-refractivity contribution < 1.29 is 4.79 Å². The van der Waals surface area contributed by atoms with Gasteiger partial charge in [0.2, 0.25) is 5.91 Å². The summed E-state index contributed by atoms with van der Waals surface area (Å²) < 4.78 is 0. The summed E-state index contributed by atoms with van der Waals surface area (Å²) in [5.74, 6) is 0.102. The van der Waals surface area contributed by atoms with Gasteiger partial charge in [0.15, 0.2) is 0 Å². The van der Waals surface area contributed by atoms with E-state index in [1.165, 1.54) is 6.42 Å². The number of hydrogen-bond donors (Lipinski definition) is 1. The van der Waals surface area contributed by atoms with Crippen LogP contribution in [0.3, 0.4) is 0 Å². The van der Waals surface area contributed by atoms with Gasteiger partial charge in [-0.25, -0.2) is 0 Å². The number of amides is 1. The molecule has 1 aromatic rings. The monoisotopic (exact) mass is 272 g/mol. The van der Waals surface area contributed by atoms with Gasteiger partial charge < -0.3 is 10.6 Å². The molecule has 3 heteroatoms. The number of hydrogen-bond acceptors (Lipinski definition) is 2. The smallest absolute Gasteiger partial charge is 0.246 e. The maximum atomic E-state index is 12.2. The summed E-state index contributed by atoms with van der Waals surface area (Å²) in [4.78, 5) is 14.1. The van der Waals surface area contributed by atoms with Gasteiger partial charge in [-0.1, -0.05) is 32.4 Å². The van der Waals surface area contributed by atoms with Crippen LogP contribution in [-0.4, -0.2) is 23.9 Å². The zero-order chi connectivity index (χ0) is 14.6. The van der Waals surface area contributed by atoms with E-state index in [-0.39, 0.29) is 5.91 Å². The van der Waals surface area contributed by atoms with Crippen molar-refractivity contribution in [1.82, 2.24) is 4.90 Å². The highest BCUT2D eigenvalue weighted by molar-refractivity contribution is 5.92. The third kappa shape index (κ3) is 3.62. The second-order valence-electron chi connectivity index (χ2n) is 5.99. The first-order valence-corrected chi connectivity index (χ1v) is 7.35. The van der Waals surface area contributed by atoms with E-state index >= 15 is 0 Å². The quantitative estimate of drug-likeness (QED) is 0.677. The fourth-order valence-corrected chi connectivity index (χ4v) is 2.56. The molecule has 0 bridgehead atoms. The third-order valence-corrected chi connectivity index (χ3v) is 4.46. The summed E-state index contributed by atoms with van der Waals surface area (Å²) in [6.07, 6.45) is 6.88. The Morgan fingerprint density at radius 1 is 1.40 bits per heavy atom. The van der Waals surface area contributed by atoms with Gasteiger partial charge in [-0.05, 0) is 42.0 Å². The molecule has 1 saturated heterocycles. The maximum absolute atomic E-state index is 12.2. The van der Waals surface area contributed by atoms with Crippen molar-refractivity contribution in [2.24, 2.45) is 5.41 Å². The first-order chi connectivity index (χ1) is 9.52. The molecule has 2 rings (SSSR count). The summed E-state index contributed by atoms with van der Waals surface area (Å²) in [7, 11) is 0. The minimum absolute atomic E-state index is 0.102. The number of carbonyl (C=O) groups is 1. The van der Waals surface area contributed by atoms with Crippen LogP contribution in [0.5, 0.6) is 0 Å². The molecule has 20 heavy (non-hydrogen) atoms. The van der Waals surface area contributed by atoms with Crippen LogP contribution in [0.2, 0.25) is 0 Å². The van der Waals surface area contributed by atoms with Crippen LogP contribution in [0.4, 0.5) is 5.69 Å². The number of nitrogen functional groups attached to an aromatic ring is 1. The summed E-state index contributed by atoms with van der Waals surface area (Å²) in [5.41, 5.74) is 7.82. The second-order valence-corrected chi connectivity index (χ2v) is 5.99. The standard InChI is InChI=1S/C17H24N2O/c1-3-17(2)9-11-19(12-10-17)16(20)8-7-14-5-4-6-15(18)13-14/h4-8,13H,3,9-12,18H2,1-2H3/b8-7+. The van der Waals surface area contributed by atoms with Gasteiger partial charge in [-0.3, -0.25) is 4.79 Å². The highest BCUT2D eigenvalue weighted by atomic mass is 16.2. The van der Waals surface area contributed by atoms with E-state index in [0.717, 1.165) is 37.2 Å². The van der Waals surface area contributed by atoms with Crippen LogP contribution in [0.1, 0.15) is 38.7 Å². The molecule has 2 N–H and O–H groups in total. The highest BCUT2D eigenvalue weighted by Crippen LogP contribution is 2.33. The number of anilines is 1. The molecule has 0 unspecified atom stereocenters. The lowest BCUT2D eigenvalue weighted by Crippen LogP contribution is -2.41. The largest absolute Gasteiger partial charge is 0.399 e. The van der Waals surface area contributed by atoms with Crippen LogP contribution < -0.4 is 5.73 Å². The fraction of sp³-hybridized carbons (Fsp3) is 0.471. The molecule has 3 nitrogen and oxygen atoms in total. The lowest BCUT2D eigenvalue weighted by atomic mass is 9.78. The Kier molecular flexibility index (Phi) is 4.48. The normalized spacial score (nSPS) is 18.4. The Balaban J connectivity index is 1.93. The zero-order valence-electron chi connectivity index (χ0n) is 12.4. The van der Waals surface area contributed by atoms with Crippen molar-refractivity contribution in [2.45, 2.75) is 33.1 Å². The zero-order valence-corrected chi connectivity index (χ0v) is 12.4. The van der Waals surface area contributed by atoms with Gasteiger partial charge >= 0.3 is 0 Å². The fourth-order valence-electron chi connectivity index (χ4n) is 2.56. The summed E-state index contributed by atoms with van der Waals surface area (Å²) in [6.45, 7) is 6.28. The molecule has 0 aliphatic carbocycles. The molecule has 1 heterocycles. The van der Waals surface area contributed by atoms with Crippen molar-refractivity contribution in [1.29, 1.82) is 0 Å². The number of carbonyl (C=O) groups excluding carboxylic acids is 1. The molecule has 1 aliphatic rings. The van der Waals surface area contributed by atoms with Crippen molar-refractivity contribution >= 4 is 17.7 Å². The van der Waals surface area contributed by atoms with E-state index < -0.39 is 0 Å². The number of nitrogens with two attached hydrogens (primary N) is 1. The van der Waals surface area contributed by atoms with E-state index in [1.54, 1.807) is 6.08 Å². The molecule has 0 saturated carbocycles. The average Bonchev–Trinajstić information content (AvgIpc) is 2.46. The maximum Gasteiger partial charge on any atom is 0.246 e. The van der Waals surface area contributed by atoms with Gasteiger partial charge in [0.1, 0.15) is 0 Å². The van der Waals surface area contributed by atoms with Gasteiger partial charge in [0.25, 0.3) is 0 Å². The molecule has 1 aliphatic heterocycles. The summed E-state index contributed by atoms with van der Waals surface area (Å²) in [6, 6.07) is 7.56. The first kappa shape index (κ1) is 14.6. The molecule has 0 radical (unpaired) electrons. The molecule has 108 valence electrons. The van der Waals surface area contributed by atoms with E-state index in [4.69, 9.17) is 5.73 Å². The predicted molar refractivity (Wildman–Crippen MR) is 84.1 cm³/mol. The lowest BCUT2D eigenvalue weighted by Gasteiger charge is -2.38. The minimum Gasteiger partial charge on any atom is -0.399 e. The first-order valence-electron chi connectivity index (χ1n) is 7.35. The SMILES string of the molecule is CCC1(C)CCN(C(=O)/C=C/c2cccc(N)c2)CC1. The molecular formula is C17H24N2O. The molecule has 1 fully saturated rings. The summed E-state index contributed by atoms with van der Waals surface area (Å²) >= 11 is 0. The van der Waals surface area contributed by atoms with Gasteiger partial charge in [-0.15, -0.1) is 0 Å². The molecule has 1 aromatic carbocycles. The molecule has 0 aromatic heterocycles. The number of benzene rings is 1. The van der Waals surface area contributed by atoms with Gasteiger partial charge in [0, 0.05) is 24.9 Å². The van der Waals surface area contributed by atoms with Crippen LogP contribution >= 0.6 is 0 Å². The van der Waals surface area contributed by atoms with Crippen LogP contribution in [-0.2, 0) is 4.79 Å². The van der Waals surface area contributed by atoms with E-state index in [2.05, 4.69) is 13.8 Å². The molecule has 0 atom stereocenters. The average molecular weight is 272 g/mol. The highest BCUT2D eigenvalue weighted by Gasteiger charge is 2.29. The van der Waals surface area contributed by atoms with Gasteiger partial charge in [0.05, 0.1) is 0 Å². The van der Waals surface area contributed by atoms with Crippen LogP contribution in [0.25, 0.3) is 6.08 Å². The van der Waals surface area contributed by atoms with E-state index in [0.29, 0.717) is 5.41 Å². The van der Waals surface area contributed by atoms with Crippen LogP contribution in [0, 0.1) is 5.41 Å². The Morgan fingerprint density at radius 2 is 2.10 bits per heavy atom. The number of piperidine rings is 1. The Hall–Kier alpha value is -1.77. The number of nitrogens with zero attached hydrogens (tertiary/aromatic N) is 1. The summed E-state index contributed by atoms with van der Waals surface area (Å²) in [5, 5.41) is 0. The van der Waals surface area contributed by atoms with E-state index in [9.17, 15) is 4.79 Å². The van der Waals surface area contributed by atoms with Crippen molar-refractivity contribution in [3.63, 3.8) is 0 Å². The van der Waals surface area contributed by atoms with Crippen LogP contribution in [0.15, 0.2) is 30.3 Å². The number of rotatable bonds is 3. The van der Waals surface area contributed by atoms with E-state index in [1.807, 2.05) is 35.2 Å². The molecular weight excluding hydrogens is 248 g/mol. The Labute approximate surface area is 121 Å². The minimum atomic E-state index is 0.102. The lowest BCUT2D eigenvalue weighted by molar-refractivity contribution is -0.128. The second kappa shape index (κ2) is 6.12. The van der Waals surface area contributed by atoms with Gasteiger partial charge in [-0.2, -0.15) is 0 Å². The Morgan fingerprint density at radius 3 is 2.70 bits per heavy atom. The Bertz CT molecular complexity index is 499. The topological polar surface area (TPSA) is 46.3 Å². The van der Waals surface area contributed by atoms with Crippen molar-refractivity contribution in [3.05, 3.63) is 35.9 Å². The molecule has 1 amide bonds. The van der Waals surface area contributed by atoms with Crippen molar-refractivity contribution in [3.8, 4) is 0 Å². The molecule has 0 spiro atoms. The van der Waals surface area contributed by atoms with Crippen molar-refractivity contribution in [2.75, 3.05) is 18.8 Å². The predicted octanol–water partition coefficient (Wildman–Crippen LogP) is 3.32. The number of likely N-dealkylation sites (tertiary alicyclic amines) is 1. The third-order valence-electron chi connectivity index (χ3n) is 4.46.